The highest BCUT2D eigenvalue weighted by Gasteiger charge is 2.46. The maximum atomic E-state index is 13.1. The van der Waals surface area contributed by atoms with Crippen LogP contribution in [-0.4, -0.2) is 42.5 Å². The number of likely N-dealkylation sites (tertiary alicyclic amines) is 1. The van der Waals surface area contributed by atoms with Gasteiger partial charge in [0.1, 0.15) is 10.8 Å². The van der Waals surface area contributed by atoms with Crippen LogP contribution >= 0.6 is 23.2 Å². The van der Waals surface area contributed by atoms with Crippen molar-refractivity contribution in [1.82, 2.24) is 4.90 Å². The van der Waals surface area contributed by atoms with Crippen molar-refractivity contribution < 1.29 is 24.2 Å². The van der Waals surface area contributed by atoms with Crippen molar-refractivity contribution in [2.75, 3.05) is 20.8 Å². The van der Waals surface area contributed by atoms with Gasteiger partial charge in [0, 0.05) is 6.54 Å². The average molecular weight is 492 g/mol. The summed E-state index contributed by atoms with van der Waals surface area (Å²) < 4.78 is 10.6. The summed E-state index contributed by atoms with van der Waals surface area (Å²) in [7, 11) is 2.78. The summed E-state index contributed by atoms with van der Waals surface area (Å²) in [6.45, 7) is 6.45. The van der Waals surface area contributed by atoms with Gasteiger partial charge in [0.15, 0.2) is 11.5 Å². The zero-order valence-corrected chi connectivity index (χ0v) is 20.8. The molecule has 2 aromatic carbocycles. The molecule has 1 amide bonds. The van der Waals surface area contributed by atoms with E-state index in [0.717, 1.165) is 11.1 Å². The van der Waals surface area contributed by atoms with Gasteiger partial charge < -0.3 is 19.5 Å². The van der Waals surface area contributed by atoms with Gasteiger partial charge >= 0.3 is 0 Å². The number of carbonyl (C=O) groups is 2. The topological polar surface area (TPSA) is 76.1 Å². The Hall–Kier alpha value is -2.70. The molecule has 0 saturated carbocycles. The van der Waals surface area contributed by atoms with E-state index in [1.165, 1.54) is 25.2 Å². The minimum absolute atomic E-state index is 0.0404. The number of amides is 1. The Morgan fingerprint density at radius 3 is 2.21 bits per heavy atom. The number of carbonyl (C=O) groups excluding carboxylic acids is 2. The first-order valence-corrected chi connectivity index (χ1v) is 11.4. The van der Waals surface area contributed by atoms with Crippen LogP contribution in [0.4, 0.5) is 0 Å². The van der Waals surface area contributed by atoms with Crippen LogP contribution in [0, 0.1) is 0 Å². The fourth-order valence-corrected chi connectivity index (χ4v) is 4.74. The van der Waals surface area contributed by atoms with Crippen molar-refractivity contribution >= 4 is 40.7 Å². The second-order valence-corrected chi connectivity index (χ2v) is 8.89. The number of benzene rings is 2. The predicted octanol–water partition coefficient (Wildman–Crippen LogP) is 5.97. The van der Waals surface area contributed by atoms with Crippen LogP contribution in [0.1, 0.15) is 55.8 Å². The van der Waals surface area contributed by atoms with E-state index in [9.17, 15) is 14.7 Å². The third-order valence-corrected chi connectivity index (χ3v) is 6.34. The zero-order chi connectivity index (χ0) is 24.4. The lowest BCUT2D eigenvalue weighted by Crippen LogP contribution is -2.30. The normalized spacial score (nSPS) is 17.7. The van der Waals surface area contributed by atoms with Gasteiger partial charge in [-0.3, -0.25) is 9.59 Å². The van der Waals surface area contributed by atoms with Crippen LogP contribution in [-0.2, 0) is 9.59 Å². The van der Waals surface area contributed by atoms with E-state index in [0.29, 0.717) is 18.9 Å². The van der Waals surface area contributed by atoms with Crippen molar-refractivity contribution in [1.29, 1.82) is 0 Å². The van der Waals surface area contributed by atoms with E-state index in [1.807, 2.05) is 31.2 Å². The van der Waals surface area contributed by atoms with E-state index in [1.54, 1.807) is 0 Å². The number of aliphatic hydroxyl groups excluding tert-OH is 1. The minimum atomic E-state index is -0.774. The molecule has 0 aliphatic carbocycles. The van der Waals surface area contributed by atoms with Gasteiger partial charge in [0.25, 0.3) is 11.7 Å². The molecule has 0 bridgehead atoms. The molecule has 1 aliphatic rings. The highest BCUT2D eigenvalue weighted by Crippen LogP contribution is 2.47. The Balaban J connectivity index is 2.27. The monoisotopic (exact) mass is 491 g/mol. The number of methoxy groups -OCH3 is 2. The van der Waals surface area contributed by atoms with Gasteiger partial charge in [-0.25, -0.2) is 0 Å². The molecule has 8 heteroatoms. The third-order valence-electron chi connectivity index (χ3n) is 5.72. The van der Waals surface area contributed by atoms with Crippen LogP contribution in [0.2, 0.25) is 10.0 Å². The first-order valence-electron chi connectivity index (χ1n) is 10.7. The number of rotatable bonds is 7. The number of aliphatic hydroxyl groups is 1. The molecule has 33 heavy (non-hydrogen) atoms. The van der Waals surface area contributed by atoms with Crippen LogP contribution in [0.15, 0.2) is 35.9 Å². The molecule has 6 nitrogen and oxygen atoms in total. The number of Topliss-reactive ketones (excluding diaryl/α,β-unsaturated/α-hetero) is 1. The Bertz CT molecular complexity index is 1110. The van der Waals surface area contributed by atoms with Crippen molar-refractivity contribution in [3.05, 3.63) is 62.6 Å². The molecule has 1 fully saturated rings. The second-order valence-electron chi connectivity index (χ2n) is 8.10. The summed E-state index contributed by atoms with van der Waals surface area (Å²) in [4.78, 5) is 27.5. The van der Waals surface area contributed by atoms with Gasteiger partial charge in [0.2, 0.25) is 0 Å². The summed E-state index contributed by atoms with van der Waals surface area (Å²) in [5.74, 6) is -1.25. The van der Waals surface area contributed by atoms with Crippen LogP contribution in [0.25, 0.3) is 5.76 Å². The summed E-state index contributed by atoms with van der Waals surface area (Å²) in [5, 5.41) is 11.5. The molecule has 0 radical (unpaired) electrons. The number of nitrogens with zero attached hydrogens (tertiary/aromatic N) is 1. The molecule has 1 saturated heterocycles. The largest absolute Gasteiger partial charge is 0.507 e. The number of hydrogen-bond acceptors (Lipinski definition) is 5. The number of halogens is 2. The lowest BCUT2D eigenvalue weighted by Gasteiger charge is -2.25. The van der Waals surface area contributed by atoms with Gasteiger partial charge in [-0.05, 0) is 29.5 Å². The fourth-order valence-electron chi connectivity index (χ4n) is 4.05. The van der Waals surface area contributed by atoms with E-state index in [2.05, 4.69) is 13.8 Å². The highest BCUT2D eigenvalue weighted by atomic mass is 35.5. The SMILES string of the molecule is CCCN1C(=O)C(=O)/C(=C(/O)c2cc(Cl)c(OC)c(Cl)c2OC)C1c1ccc(C(C)C)cc1. The van der Waals surface area contributed by atoms with E-state index < -0.39 is 23.5 Å². The van der Waals surface area contributed by atoms with Gasteiger partial charge in [0.05, 0.1) is 36.4 Å². The van der Waals surface area contributed by atoms with Crippen molar-refractivity contribution in [2.24, 2.45) is 0 Å². The maximum Gasteiger partial charge on any atom is 0.295 e. The van der Waals surface area contributed by atoms with Gasteiger partial charge in [-0.2, -0.15) is 0 Å². The smallest absolute Gasteiger partial charge is 0.295 e. The first kappa shape index (κ1) is 24.9. The van der Waals surface area contributed by atoms with E-state index in [-0.39, 0.29) is 32.7 Å². The van der Waals surface area contributed by atoms with Crippen molar-refractivity contribution in [3.63, 3.8) is 0 Å². The summed E-state index contributed by atoms with van der Waals surface area (Å²) in [5.41, 5.74) is 1.91. The molecule has 1 N–H and O–H groups in total. The Labute approximate surface area is 203 Å². The lowest BCUT2D eigenvalue weighted by molar-refractivity contribution is -0.139. The maximum absolute atomic E-state index is 13.1. The molecule has 176 valence electrons. The Kier molecular flexibility index (Phi) is 7.60. The molecular formula is C25H27Cl2NO5. The van der Waals surface area contributed by atoms with E-state index >= 15 is 0 Å². The third kappa shape index (κ3) is 4.42. The standard InChI is InChI=1S/C25H27Cl2NO5/c1-6-11-28-20(15-9-7-14(8-10-15)13(2)3)18(22(30)25(28)31)21(29)16-12-17(26)24(33-5)19(27)23(16)32-4/h7-10,12-13,20,29H,6,11H2,1-5H3/b21-18+. The van der Waals surface area contributed by atoms with Gasteiger partial charge in [-0.1, -0.05) is 68.2 Å². The first-order chi connectivity index (χ1) is 15.7. The summed E-state index contributed by atoms with van der Waals surface area (Å²) in [6, 6.07) is 8.35. The molecule has 0 aromatic heterocycles. The minimum Gasteiger partial charge on any atom is -0.507 e. The highest BCUT2D eigenvalue weighted by molar-refractivity contribution is 6.47. The fraction of sp³-hybridized carbons (Fsp3) is 0.360. The number of ether oxygens (including phenoxy) is 2. The Morgan fingerprint density at radius 2 is 1.70 bits per heavy atom. The predicted molar refractivity (Wildman–Crippen MR) is 129 cm³/mol. The van der Waals surface area contributed by atoms with E-state index in [4.69, 9.17) is 32.7 Å². The van der Waals surface area contributed by atoms with Crippen LogP contribution in [0.3, 0.4) is 0 Å². The summed E-state index contributed by atoms with van der Waals surface area (Å²) >= 11 is 12.7. The molecule has 3 rings (SSSR count). The van der Waals surface area contributed by atoms with Crippen molar-refractivity contribution in [2.45, 2.75) is 39.2 Å². The summed E-state index contributed by atoms with van der Waals surface area (Å²) in [6.07, 6.45) is 0.650. The molecule has 1 heterocycles. The van der Waals surface area contributed by atoms with Crippen molar-refractivity contribution in [3.8, 4) is 11.5 Å². The molecule has 1 aliphatic heterocycles. The average Bonchev–Trinajstić information content (AvgIpc) is 3.04. The zero-order valence-electron chi connectivity index (χ0n) is 19.2. The second kappa shape index (κ2) is 10.1. The quantitative estimate of drug-likeness (QED) is 0.293. The van der Waals surface area contributed by atoms with Crippen LogP contribution < -0.4 is 9.47 Å². The molecule has 0 spiro atoms. The lowest BCUT2D eigenvalue weighted by atomic mass is 9.93. The Morgan fingerprint density at radius 1 is 1.09 bits per heavy atom. The van der Waals surface area contributed by atoms with Gasteiger partial charge in [-0.15, -0.1) is 0 Å². The molecule has 1 atom stereocenters. The molecular weight excluding hydrogens is 465 g/mol. The number of ketones is 1. The van der Waals surface area contributed by atoms with Crippen LogP contribution in [0.5, 0.6) is 11.5 Å². The molecule has 2 aromatic rings. The molecule has 1 unspecified atom stereocenters. The number of hydrogen-bond donors (Lipinski definition) is 1.